The smallest absolute Gasteiger partial charge is 0.238 e. The Bertz CT molecular complexity index is 694. The Labute approximate surface area is 154 Å². The molecular weight excluding hydrogens is 334 g/mol. The average Bonchev–Trinajstić information content (AvgIpc) is 3.15. The number of anilines is 2. The van der Waals surface area contributed by atoms with Crippen molar-refractivity contribution in [3.8, 4) is 0 Å². The van der Waals surface area contributed by atoms with Gasteiger partial charge in [-0.15, -0.1) is 0 Å². The predicted octanol–water partition coefficient (Wildman–Crippen LogP) is 4.23. The maximum Gasteiger partial charge on any atom is 0.238 e. The van der Waals surface area contributed by atoms with Crippen molar-refractivity contribution in [2.75, 3.05) is 29.9 Å². The first-order valence-electron chi connectivity index (χ1n) is 8.75. The molecule has 132 valence electrons. The molecule has 0 saturated carbocycles. The Morgan fingerprint density at radius 3 is 2.36 bits per heavy atom. The summed E-state index contributed by atoms with van der Waals surface area (Å²) in [5, 5.41) is 6.88. The zero-order valence-electron chi connectivity index (χ0n) is 14.5. The lowest BCUT2D eigenvalue weighted by Gasteiger charge is -2.18. The van der Waals surface area contributed by atoms with Gasteiger partial charge in [0.05, 0.1) is 6.54 Å². The van der Waals surface area contributed by atoms with Crippen molar-refractivity contribution in [2.24, 2.45) is 0 Å². The van der Waals surface area contributed by atoms with Crippen LogP contribution in [0.4, 0.5) is 11.4 Å². The van der Waals surface area contributed by atoms with Gasteiger partial charge in [-0.2, -0.15) is 0 Å². The first kappa shape index (κ1) is 17.8. The van der Waals surface area contributed by atoms with E-state index in [1.807, 2.05) is 43.3 Å². The van der Waals surface area contributed by atoms with Crippen LogP contribution in [0.1, 0.15) is 31.4 Å². The van der Waals surface area contributed by atoms with Crippen molar-refractivity contribution in [1.29, 1.82) is 0 Å². The highest BCUT2D eigenvalue weighted by atomic mass is 35.5. The standard InChI is InChI=1S/C20H24ClN3O/c1-15(16-4-6-17(21)7-5-16)22-14-20(25)23-18-8-10-19(11-9-18)24-12-2-3-13-24/h4-11,15,22H,2-3,12-14H2,1H3,(H,23,25). The fraction of sp³-hybridized carbons (Fsp3) is 0.350. The van der Waals surface area contributed by atoms with Crippen LogP contribution in [-0.4, -0.2) is 25.5 Å². The van der Waals surface area contributed by atoms with Gasteiger partial charge in [0.15, 0.2) is 0 Å². The van der Waals surface area contributed by atoms with E-state index in [2.05, 4.69) is 27.7 Å². The summed E-state index contributed by atoms with van der Waals surface area (Å²) in [7, 11) is 0. The molecule has 1 atom stereocenters. The summed E-state index contributed by atoms with van der Waals surface area (Å²) in [4.78, 5) is 14.5. The molecule has 0 bridgehead atoms. The van der Waals surface area contributed by atoms with Crippen molar-refractivity contribution in [2.45, 2.75) is 25.8 Å². The molecule has 0 aromatic heterocycles. The molecule has 2 N–H and O–H groups in total. The minimum absolute atomic E-state index is 0.0465. The lowest BCUT2D eigenvalue weighted by Crippen LogP contribution is -2.30. The minimum atomic E-state index is -0.0465. The number of carbonyl (C=O) groups is 1. The Morgan fingerprint density at radius 2 is 1.72 bits per heavy atom. The quantitative estimate of drug-likeness (QED) is 0.813. The molecule has 1 heterocycles. The Balaban J connectivity index is 1.47. The summed E-state index contributed by atoms with van der Waals surface area (Å²) in [6.07, 6.45) is 2.52. The molecule has 1 aliphatic rings. The normalized spacial score (nSPS) is 15.2. The van der Waals surface area contributed by atoms with Gasteiger partial charge in [-0.1, -0.05) is 23.7 Å². The largest absolute Gasteiger partial charge is 0.372 e. The first-order valence-corrected chi connectivity index (χ1v) is 9.13. The van der Waals surface area contributed by atoms with E-state index < -0.39 is 0 Å². The highest BCUT2D eigenvalue weighted by Gasteiger charge is 2.12. The van der Waals surface area contributed by atoms with E-state index in [0.717, 1.165) is 24.3 Å². The van der Waals surface area contributed by atoms with Crippen LogP contribution in [0.25, 0.3) is 0 Å². The highest BCUT2D eigenvalue weighted by molar-refractivity contribution is 6.30. The van der Waals surface area contributed by atoms with E-state index in [4.69, 9.17) is 11.6 Å². The third-order valence-corrected chi connectivity index (χ3v) is 4.81. The van der Waals surface area contributed by atoms with Gasteiger partial charge in [0.1, 0.15) is 0 Å². The van der Waals surface area contributed by atoms with Gasteiger partial charge in [0.25, 0.3) is 0 Å². The molecule has 0 spiro atoms. The van der Waals surface area contributed by atoms with Crippen LogP contribution in [0.15, 0.2) is 48.5 Å². The summed E-state index contributed by atoms with van der Waals surface area (Å²) in [5.74, 6) is -0.0465. The monoisotopic (exact) mass is 357 g/mol. The van der Waals surface area contributed by atoms with Crippen LogP contribution in [-0.2, 0) is 4.79 Å². The molecular formula is C20H24ClN3O. The SMILES string of the molecule is CC(NCC(=O)Nc1ccc(N2CCCC2)cc1)c1ccc(Cl)cc1. The number of rotatable bonds is 6. The van der Waals surface area contributed by atoms with Gasteiger partial charge in [0.2, 0.25) is 5.91 Å². The van der Waals surface area contributed by atoms with Crippen LogP contribution >= 0.6 is 11.6 Å². The zero-order chi connectivity index (χ0) is 17.6. The van der Waals surface area contributed by atoms with Crippen molar-refractivity contribution in [3.05, 3.63) is 59.1 Å². The van der Waals surface area contributed by atoms with Crippen molar-refractivity contribution < 1.29 is 4.79 Å². The molecule has 4 nitrogen and oxygen atoms in total. The van der Waals surface area contributed by atoms with Gasteiger partial charge in [-0.3, -0.25) is 4.79 Å². The van der Waals surface area contributed by atoms with Crippen LogP contribution in [0, 0.1) is 0 Å². The van der Waals surface area contributed by atoms with Crippen LogP contribution in [0.2, 0.25) is 5.02 Å². The second-order valence-electron chi connectivity index (χ2n) is 6.44. The van der Waals surface area contributed by atoms with Crippen molar-refractivity contribution >= 4 is 28.9 Å². The fourth-order valence-electron chi connectivity index (χ4n) is 3.05. The van der Waals surface area contributed by atoms with Crippen LogP contribution in [0.3, 0.4) is 0 Å². The summed E-state index contributed by atoms with van der Waals surface area (Å²) < 4.78 is 0. The molecule has 1 saturated heterocycles. The van der Waals surface area contributed by atoms with Crippen LogP contribution in [0.5, 0.6) is 0 Å². The number of benzene rings is 2. The van der Waals surface area contributed by atoms with Crippen molar-refractivity contribution in [3.63, 3.8) is 0 Å². The zero-order valence-corrected chi connectivity index (χ0v) is 15.2. The van der Waals surface area contributed by atoms with E-state index in [9.17, 15) is 4.79 Å². The lowest BCUT2D eigenvalue weighted by atomic mass is 10.1. The number of carbonyl (C=O) groups excluding carboxylic acids is 1. The molecule has 5 heteroatoms. The molecule has 1 fully saturated rings. The molecule has 1 aliphatic heterocycles. The van der Waals surface area contributed by atoms with Crippen LogP contribution < -0.4 is 15.5 Å². The highest BCUT2D eigenvalue weighted by Crippen LogP contribution is 2.22. The van der Waals surface area contributed by atoms with Gasteiger partial charge >= 0.3 is 0 Å². The maximum absolute atomic E-state index is 12.1. The Hall–Kier alpha value is -2.04. The minimum Gasteiger partial charge on any atom is -0.372 e. The molecule has 0 aliphatic carbocycles. The average molecular weight is 358 g/mol. The molecule has 3 rings (SSSR count). The number of hydrogen-bond acceptors (Lipinski definition) is 3. The lowest BCUT2D eigenvalue weighted by molar-refractivity contribution is -0.115. The maximum atomic E-state index is 12.1. The second-order valence-corrected chi connectivity index (χ2v) is 6.88. The van der Waals surface area contributed by atoms with Gasteiger partial charge < -0.3 is 15.5 Å². The predicted molar refractivity (Wildman–Crippen MR) is 104 cm³/mol. The van der Waals surface area contributed by atoms with E-state index in [1.165, 1.54) is 18.5 Å². The summed E-state index contributed by atoms with van der Waals surface area (Å²) in [5.41, 5.74) is 3.16. The Kier molecular flexibility index (Phi) is 5.95. The molecule has 0 radical (unpaired) electrons. The van der Waals surface area contributed by atoms with E-state index in [-0.39, 0.29) is 18.5 Å². The molecule has 25 heavy (non-hydrogen) atoms. The number of halogens is 1. The summed E-state index contributed by atoms with van der Waals surface area (Å²) in [6, 6.07) is 15.8. The molecule has 2 aromatic rings. The third kappa shape index (κ3) is 4.97. The molecule has 1 unspecified atom stereocenters. The van der Waals surface area contributed by atoms with E-state index >= 15 is 0 Å². The van der Waals surface area contributed by atoms with Crippen molar-refractivity contribution in [1.82, 2.24) is 5.32 Å². The molecule has 2 aromatic carbocycles. The van der Waals surface area contributed by atoms with Gasteiger partial charge in [-0.25, -0.2) is 0 Å². The second kappa shape index (κ2) is 8.37. The fourth-order valence-corrected chi connectivity index (χ4v) is 3.18. The first-order chi connectivity index (χ1) is 12.1. The Morgan fingerprint density at radius 1 is 1.08 bits per heavy atom. The number of nitrogens with zero attached hydrogens (tertiary/aromatic N) is 1. The number of hydrogen-bond donors (Lipinski definition) is 2. The number of amides is 1. The molecule has 1 amide bonds. The summed E-state index contributed by atoms with van der Waals surface area (Å²) in [6.45, 7) is 4.54. The van der Waals surface area contributed by atoms with Gasteiger partial charge in [0, 0.05) is 35.5 Å². The third-order valence-electron chi connectivity index (χ3n) is 4.56. The van der Waals surface area contributed by atoms with E-state index in [1.54, 1.807) is 0 Å². The number of nitrogens with one attached hydrogen (secondary N) is 2. The van der Waals surface area contributed by atoms with E-state index in [0.29, 0.717) is 5.02 Å². The van der Waals surface area contributed by atoms with Gasteiger partial charge in [-0.05, 0) is 61.7 Å². The topological polar surface area (TPSA) is 44.4 Å². The summed E-state index contributed by atoms with van der Waals surface area (Å²) >= 11 is 5.90.